The molecular formula is C17H28N2O2. The Morgan fingerprint density at radius 1 is 1.24 bits per heavy atom. The Morgan fingerprint density at radius 3 is 2.67 bits per heavy atom. The monoisotopic (exact) mass is 292 g/mol. The van der Waals surface area contributed by atoms with Gasteiger partial charge in [0.1, 0.15) is 5.75 Å². The Bertz CT molecular complexity index is 408. The molecule has 1 fully saturated rings. The van der Waals surface area contributed by atoms with Gasteiger partial charge in [-0.1, -0.05) is 18.6 Å². The van der Waals surface area contributed by atoms with Crippen LogP contribution >= 0.6 is 0 Å². The number of methoxy groups -OCH3 is 1. The fourth-order valence-electron chi connectivity index (χ4n) is 3.11. The molecule has 1 saturated heterocycles. The van der Waals surface area contributed by atoms with Crippen molar-refractivity contribution in [3.05, 3.63) is 29.8 Å². The molecule has 2 atom stereocenters. The lowest BCUT2D eigenvalue weighted by atomic mass is 9.96. The van der Waals surface area contributed by atoms with Crippen LogP contribution in [0, 0.1) is 0 Å². The molecule has 0 radical (unpaired) electrons. The first kappa shape index (κ1) is 16.3. The van der Waals surface area contributed by atoms with Crippen LogP contribution in [0.3, 0.4) is 0 Å². The number of benzene rings is 1. The van der Waals surface area contributed by atoms with Gasteiger partial charge < -0.3 is 15.2 Å². The molecule has 0 saturated carbocycles. The first-order valence-electron chi connectivity index (χ1n) is 7.97. The highest BCUT2D eigenvalue weighted by atomic mass is 16.5. The lowest BCUT2D eigenvalue weighted by molar-refractivity contribution is 0.115. The molecule has 0 spiro atoms. The second kappa shape index (κ2) is 8.37. The molecule has 4 nitrogen and oxygen atoms in total. The highest BCUT2D eigenvalue weighted by molar-refractivity contribution is 5.30. The van der Waals surface area contributed by atoms with Gasteiger partial charge in [0, 0.05) is 25.7 Å². The topological polar surface area (TPSA) is 47.7 Å². The van der Waals surface area contributed by atoms with Crippen LogP contribution in [0.15, 0.2) is 24.3 Å². The molecule has 1 aliphatic heterocycles. The Kier molecular flexibility index (Phi) is 6.49. The molecule has 2 rings (SSSR count). The van der Waals surface area contributed by atoms with Gasteiger partial charge in [0.2, 0.25) is 0 Å². The number of hydrogen-bond acceptors (Lipinski definition) is 4. The highest BCUT2D eigenvalue weighted by Crippen LogP contribution is 2.30. The van der Waals surface area contributed by atoms with E-state index in [-0.39, 0.29) is 12.1 Å². The van der Waals surface area contributed by atoms with Crippen LogP contribution < -0.4 is 10.5 Å². The molecular weight excluding hydrogens is 264 g/mol. The molecule has 2 N–H and O–H groups in total. The smallest absolute Gasteiger partial charge is 0.119 e. The van der Waals surface area contributed by atoms with Crippen LogP contribution in [0.1, 0.15) is 37.8 Å². The van der Waals surface area contributed by atoms with Gasteiger partial charge in [-0.25, -0.2) is 0 Å². The minimum Gasteiger partial charge on any atom is -0.494 e. The Balaban J connectivity index is 2.16. The zero-order valence-corrected chi connectivity index (χ0v) is 13.3. The number of likely N-dealkylation sites (tertiary alicyclic amines) is 1. The summed E-state index contributed by atoms with van der Waals surface area (Å²) in [4.78, 5) is 2.47. The second-order valence-corrected chi connectivity index (χ2v) is 5.64. The molecule has 1 aliphatic rings. The summed E-state index contributed by atoms with van der Waals surface area (Å²) in [5.41, 5.74) is 7.74. The molecule has 1 heterocycles. The quantitative estimate of drug-likeness (QED) is 0.875. The number of nitrogens with two attached hydrogens (primary N) is 1. The van der Waals surface area contributed by atoms with E-state index in [4.69, 9.17) is 15.2 Å². The van der Waals surface area contributed by atoms with E-state index >= 15 is 0 Å². The third kappa shape index (κ3) is 4.43. The minimum absolute atomic E-state index is 0.183. The van der Waals surface area contributed by atoms with Crippen LogP contribution in [0.4, 0.5) is 0 Å². The molecule has 0 bridgehead atoms. The van der Waals surface area contributed by atoms with Crippen molar-refractivity contribution in [2.45, 2.75) is 38.3 Å². The van der Waals surface area contributed by atoms with E-state index in [9.17, 15) is 0 Å². The molecule has 1 aromatic carbocycles. The lowest BCUT2D eigenvalue weighted by Gasteiger charge is -2.33. The van der Waals surface area contributed by atoms with Gasteiger partial charge in [0.05, 0.1) is 13.2 Å². The van der Waals surface area contributed by atoms with Crippen molar-refractivity contribution >= 4 is 0 Å². The Hall–Kier alpha value is -1.10. The van der Waals surface area contributed by atoms with E-state index in [0.29, 0.717) is 6.61 Å². The summed E-state index contributed by atoms with van der Waals surface area (Å²) in [6.07, 6.45) is 3.50. The number of ether oxygens (including phenoxy) is 2. The largest absolute Gasteiger partial charge is 0.494 e. The second-order valence-electron chi connectivity index (χ2n) is 5.64. The third-order valence-electron chi connectivity index (χ3n) is 4.15. The maximum atomic E-state index is 6.46. The van der Waals surface area contributed by atoms with Gasteiger partial charge in [0.25, 0.3) is 0 Å². The van der Waals surface area contributed by atoms with Gasteiger partial charge in [-0.2, -0.15) is 0 Å². The van der Waals surface area contributed by atoms with Crippen molar-refractivity contribution in [3.8, 4) is 5.75 Å². The molecule has 4 heteroatoms. The van der Waals surface area contributed by atoms with E-state index in [1.54, 1.807) is 7.11 Å². The predicted molar refractivity (Wildman–Crippen MR) is 85.6 cm³/mol. The standard InChI is InChI=1S/C17H28N2O2/c1-3-21-15-9-7-14(8-10-15)17-16(18)6-4-5-11-19(17)12-13-20-2/h7-10,16-17H,3-6,11-13,18H2,1-2H3. The molecule has 2 unspecified atom stereocenters. The first-order chi connectivity index (χ1) is 10.3. The SMILES string of the molecule is CCOc1ccc(C2C(N)CCCCN2CCOC)cc1. The van der Waals surface area contributed by atoms with Gasteiger partial charge in [-0.3, -0.25) is 4.90 Å². The Labute approximate surface area is 128 Å². The predicted octanol–water partition coefficient (Wildman–Crippen LogP) is 2.59. The molecule has 21 heavy (non-hydrogen) atoms. The zero-order chi connectivity index (χ0) is 15.1. The van der Waals surface area contributed by atoms with E-state index in [1.165, 1.54) is 18.4 Å². The number of rotatable bonds is 6. The number of hydrogen-bond donors (Lipinski definition) is 1. The Morgan fingerprint density at radius 2 is 2.00 bits per heavy atom. The van der Waals surface area contributed by atoms with E-state index in [1.807, 2.05) is 19.1 Å². The summed E-state index contributed by atoms with van der Waals surface area (Å²) in [6, 6.07) is 8.86. The minimum atomic E-state index is 0.183. The summed E-state index contributed by atoms with van der Waals surface area (Å²) < 4.78 is 10.8. The van der Waals surface area contributed by atoms with Crippen LogP contribution in [-0.4, -0.2) is 44.4 Å². The summed E-state index contributed by atoms with van der Waals surface area (Å²) in [6.45, 7) is 5.47. The molecule has 118 valence electrons. The fourth-order valence-corrected chi connectivity index (χ4v) is 3.11. The summed E-state index contributed by atoms with van der Waals surface area (Å²) in [5, 5.41) is 0. The van der Waals surface area contributed by atoms with Crippen molar-refractivity contribution in [2.75, 3.05) is 33.4 Å². The van der Waals surface area contributed by atoms with Gasteiger partial charge in [-0.15, -0.1) is 0 Å². The van der Waals surface area contributed by atoms with E-state index in [0.717, 1.165) is 31.9 Å². The van der Waals surface area contributed by atoms with Crippen LogP contribution in [0.2, 0.25) is 0 Å². The van der Waals surface area contributed by atoms with Crippen LogP contribution in [-0.2, 0) is 4.74 Å². The number of nitrogens with zero attached hydrogens (tertiary/aromatic N) is 1. The van der Waals surface area contributed by atoms with Crippen molar-refractivity contribution in [1.29, 1.82) is 0 Å². The normalized spacial score (nSPS) is 23.8. The fraction of sp³-hybridized carbons (Fsp3) is 0.647. The average molecular weight is 292 g/mol. The van der Waals surface area contributed by atoms with Crippen molar-refractivity contribution in [3.63, 3.8) is 0 Å². The molecule has 0 aliphatic carbocycles. The van der Waals surface area contributed by atoms with Gasteiger partial charge >= 0.3 is 0 Å². The van der Waals surface area contributed by atoms with Crippen molar-refractivity contribution in [1.82, 2.24) is 4.90 Å². The lowest BCUT2D eigenvalue weighted by Crippen LogP contribution is -2.41. The zero-order valence-electron chi connectivity index (χ0n) is 13.3. The third-order valence-corrected chi connectivity index (χ3v) is 4.15. The van der Waals surface area contributed by atoms with Crippen LogP contribution in [0.25, 0.3) is 0 Å². The maximum absolute atomic E-state index is 6.46. The van der Waals surface area contributed by atoms with E-state index in [2.05, 4.69) is 17.0 Å². The first-order valence-corrected chi connectivity index (χ1v) is 7.97. The van der Waals surface area contributed by atoms with E-state index < -0.39 is 0 Å². The maximum Gasteiger partial charge on any atom is 0.119 e. The van der Waals surface area contributed by atoms with Crippen molar-refractivity contribution < 1.29 is 9.47 Å². The summed E-state index contributed by atoms with van der Waals surface area (Å²) in [5.74, 6) is 0.923. The average Bonchev–Trinajstić information content (AvgIpc) is 2.68. The molecule has 0 amide bonds. The molecule has 1 aromatic rings. The van der Waals surface area contributed by atoms with Gasteiger partial charge in [-0.05, 0) is 44.0 Å². The summed E-state index contributed by atoms with van der Waals surface area (Å²) >= 11 is 0. The highest BCUT2D eigenvalue weighted by Gasteiger charge is 2.28. The van der Waals surface area contributed by atoms with Crippen LogP contribution in [0.5, 0.6) is 5.75 Å². The molecule has 0 aromatic heterocycles. The van der Waals surface area contributed by atoms with Gasteiger partial charge in [0.15, 0.2) is 0 Å². The van der Waals surface area contributed by atoms with Crippen molar-refractivity contribution in [2.24, 2.45) is 5.73 Å². The summed E-state index contributed by atoms with van der Waals surface area (Å²) in [7, 11) is 1.75.